The highest BCUT2D eigenvalue weighted by atomic mass is 32.2. The topological polar surface area (TPSA) is 72.6 Å². The Morgan fingerprint density at radius 3 is 2.35 bits per heavy atom. The van der Waals surface area contributed by atoms with E-state index in [0.29, 0.717) is 24.5 Å². The van der Waals surface area contributed by atoms with Crippen molar-refractivity contribution in [2.75, 3.05) is 25.9 Å². The lowest BCUT2D eigenvalue weighted by molar-refractivity contribution is 0.196. The summed E-state index contributed by atoms with van der Waals surface area (Å²) in [6, 6.07) is 4.61. The molecule has 1 aromatic rings. The Bertz CT molecular complexity index is 586. The van der Waals surface area contributed by atoms with Crippen molar-refractivity contribution >= 4 is 15.7 Å². The molecule has 1 saturated heterocycles. The van der Waals surface area contributed by atoms with Gasteiger partial charge < -0.3 is 10.5 Å². The van der Waals surface area contributed by atoms with Gasteiger partial charge in [-0.15, -0.1) is 0 Å². The molecule has 6 heteroatoms. The van der Waals surface area contributed by atoms with E-state index in [1.807, 2.05) is 0 Å². The first-order valence-electron chi connectivity index (χ1n) is 6.70. The highest BCUT2D eigenvalue weighted by molar-refractivity contribution is 7.89. The molecule has 0 spiro atoms. The van der Waals surface area contributed by atoms with E-state index in [4.69, 9.17) is 10.5 Å². The van der Waals surface area contributed by atoms with Gasteiger partial charge in [-0.05, 0) is 36.5 Å². The lowest BCUT2D eigenvalue weighted by Gasteiger charge is -2.36. The molecule has 0 aromatic heterocycles. The number of piperidine rings is 1. The molecule has 0 aliphatic carbocycles. The largest absolute Gasteiger partial charge is 0.495 e. The summed E-state index contributed by atoms with van der Waals surface area (Å²) in [4.78, 5) is 0.232. The average Bonchev–Trinajstić information content (AvgIpc) is 2.38. The quantitative estimate of drug-likeness (QED) is 0.867. The lowest BCUT2D eigenvalue weighted by Crippen LogP contribution is -2.41. The molecule has 1 aliphatic heterocycles. The third-order valence-corrected chi connectivity index (χ3v) is 5.81. The first-order chi connectivity index (χ1) is 9.26. The van der Waals surface area contributed by atoms with E-state index >= 15 is 0 Å². The number of hydrogen-bond donors (Lipinski definition) is 1. The van der Waals surface area contributed by atoms with Crippen LogP contribution in [-0.2, 0) is 10.0 Å². The first-order valence-corrected chi connectivity index (χ1v) is 8.14. The van der Waals surface area contributed by atoms with Crippen LogP contribution in [0.2, 0.25) is 0 Å². The first kappa shape index (κ1) is 15.1. The number of nitrogens with two attached hydrogens (primary N) is 1. The second kappa shape index (κ2) is 5.26. The molecule has 1 fully saturated rings. The van der Waals surface area contributed by atoms with Crippen molar-refractivity contribution in [3.05, 3.63) is 18.2 Å². The number of sulfonamides is 1. The standard InChI is InChI=1S/C14H22N2O3S/c1-14(2)6-8-16(9-7-14)20(17,18)11-4-5-13(19-3)12(15)10-11/h4-5,10H,6-9,15H2,1-3H3. The molecule has 112 valence electrons. The maximum absolute atomic E-state index is 12.6. The van der Waals surface area contributed by atoms with E-state index in [2.05, 4.69) is 13.8 Å². The SMILES string of the molecule is COc1ccc(S(=O)(=O)N2CCC(C)(C)CC2)cc1N. The number of rotatable bonds is 3. The van der Waals surface area contributed by atoms with Crippen molar-refractivity contribution in [1.29, 1.82) is 0 Å². The highest BCUT2D eigenvalue weighted by Gasteiger charge is 2.32. The van der Waals surface area contributed by atoms with Crippen LogP contribution in [0.3, 0.4) is 0 Å². The van der Waals surface area contributed by atoms with E-state index in [1.54, 1.807) is 16.4 Å². The number of methoxy groups -OCH3 is 1. The monoisotopic (exact) mass is 298 g/mol. The fourth-order valence-electron chi connectivity index (χ4n) is 2.35. The minimum atomic E-state index is -3.46. The Morgan fingerprint density at radius 1 is 1.25 bits per heavy atom. The molecule has 0 bridgehead atoms. The van der Waals surface area contributed by atoms with Crippen molar-refractivity contribution < 1.29 is 13.2 Å². The van der Waals surface area contributed by atoms with E-state index in [9.17, 15) is 8.42 Å². The maximum Gasteiger partial charge on any atom is 0.243 e. The van der Waals surface area contributed by atoms with Gasteiger partial charge in [-0.2, -0.15) is 4.31 Å². The molecule has 1 aromatic carbocycles. The van der Waals surface area contributed by atoms with Crippen molar-refractivity contribution in [2.45, 2.75) is 31.6 Å². The van der Waals surface area contributed by atoms with Gasteiger partial charge in [0.1, 0.15) is 5.75 Å². The second-order valence-electron chi connectivity index (χ2n) is 5.97. The number of anilines is 1. The molecule has 0 saturated carbocycles. The van der Waals surface area contributed by atoms with Gasteiger partial charge in [-0.3, -0.25) is 0 Å². The molecule has 2 rings (SSSR count). The van der Waals surface area contributed by atoms with E-state index in [1.165, 1.54) is 13.2 Å². The fraction of sp³-hybridized carbons (Fsp3) is 0.571. The predicted molar refractivity (Wildman–Crippen MR) is 79.2 cm³/mol. The van der Waals surface area contributed by atoms with Crippen LogP contribution >= 0.6 is 0 Å². The van der Waals surface area contributed by atoms with Crippen molar-refractivity contribution in [2.24, 2.45) is 5.41 Å². The predicted octanol–water partition coefficient (Wildman–Crippen LogP) is 2.09. The van der Waals surface area contributed by atoms with Gasteiger partial charge in [0.2, 0.25) is 10.0 Å². The summed E-state index contributed by atoms with van der Waals surface area (Å²) in [5, 5.41) is 0. The summed E-state index contributed by atoms with van der Waals surface area (Å²) in [6.07, 6.45) is 1.75. The Morgan fingerprint density at radius 2 is 1.85 bits per heavy atom. The molecular formula is C14H22N2O3S. The van der Waals surface area contributed by atoms with Crippen LogP contribution in [0, 0.1) is 5.41 Å². The van der Waals surface area contributed by atoms with Gasteiger partial charge in [0.15, 0.2) is 0 Å². The third kappa shape index (κ3) is 2.91. The van der Waals surface area contributed by atoms with E-state index < -0.39 is 10.0 Å². The molecular weight excluding hydrogens is 276 g/mol. The summed E-state index contributed by atoms with van der Waals surface area (Å²) in [5.41, 5.74) is 6.35. The van der Waals surface area contributed by atoms with Gasteiger partial charge in [0, 0.05) is 13.1 Å². The molecule has 2 N–H and O–H groups in total. The van der Waals surface area contributed by atoms with Gasteiger partial charge in [-0.25, -0.2) is 8.42 Å². The minimum Gasteiger partial charge on any atom is -0.495 e. The minimum absolute atomic E-state index is 0.213. The summed E-state index contributed by atoms with van der Waals surface area (Å²) in [5.74, 6) is 0.490. The molecule has 20 heavy (non-hydrogen) atoms. The number of nitrogens with zero attached hydrogens (tertiary/aromatic N) is 1. The van der Waals surface area contributed by atoms with Gasteiger partial charge in [0.25, 0.3) is 0 Å². The number of nitrogen functional groups attached to an aromatic ring is 1. The fourth-order valence-corrected chi connectivity index (χ4v) is 3.83. The zero-order chi connectivity index (χ0) is 15.0. The number of benzene rings is 1. The van der Waals surface area contributed by atoms with Crippen LogP contribution in [0.15, 0.2) is 23.1 Å². The van der Waals surface area contributed by atoms with Crippen LogP contribution in [0.4, 0.5) is 5.69 Å². The Labute approximate surface area is 120 Å². The van der Waals surface area contributed by atoms with Gasteiger partial charge in [0.05, 0.1) is 17.7 Å². The van der Waals surface area contributed by atoms with Gasteiger partial charge >= 0.3 is 0 Å². The molecule has 1 aliphatic rings. The molecule has 0 unspecified atom stereocenters. The van der Waals surface area contributed by atoms with Crippen LogP contribution in [0.1, 0.15) is 26.7 Å². The summed E-state index contributed by atoms with van der Waals surface area (Å²) in [7, 11) is -1.96. The third-order valence-electron chi connectivity index (χ3n) is 3.91. The molecule has 0 amide bonds. The zero-order valence-electron chi connectivity index (χ0n) is 12.2. The van der Waals surface area contributed by atoms with Crippen LogP contribution in [0.25, 0.3) is 0 Å². The zero-order valence-corrected chi connectivity index (χ0v) is 13.0. The second-order valence-corrected chi connectivity index (χ2v) is 7.91. The number of ether oxygens (including phenoxy) is 1. The number of hydrogen-bond acceptors (Lipinski definition) is 4. The Balaban J connectivity index is 2.25. The van der Waals surface area contributed by atoms with Gasteiger partial charge in [-0.1, -0.05) is 13.8 Å². The summed E-state index contributed by atoms with van der Waals surface area (Å²) in [6.45, 7) is 5.45. The molecule has 0 atom stereocenters. The molecule has 0 radical (unpaired) electrons. The summed E-state index contributed by atoms with van der Waals surface area (Å²) < 4.78 is 31.8. The van der Waals surface area contributed by atoms with Crippen LogP contribution in [0.5, 0.6) is 5.75 Å². The van der Waals surface area contributed by atoms with E-state index in [-0.39, 0.29) is 10.3 Å². The molecule has 5 nitrogen and oxygen atoms in total. The maximum atomic E-state index is 12.6. The normalized spacial score (nSPS) is 19.8. The molecule has 1 heterocycles. The van der Waals surface area contributed by atoms with Crippen LogP contribution in [-0.4, -0.2) is 32.9 Å². The summed E-state index contributed by atoms with van der Waals surface area (Å²) >= 11 is 0. The van der Waals surface area contributed by atoms with Crippen LogP contribution < -0.4 is 10.5 Å². The highest BCUT2D eigenvalue weighted by Crippen LogP contribution is 2.33. The Kier molecular flexibility index (Phi) is 3.97. The van der Waals surface area contributed by atoms with Crippen molar-refractivity contribution in [3.63, 3.8) is 0 Å². The Hall–Kier alpha value is -1.27. The average molecular weight is 298 g/mol. The van der Waals surface area contributed by atoms with Crippen molar-refractivity contribution in [3.8, 4) is 5.75 Å². The lowest BCUT2D eigenvalue weighted by atomic mass is 9.83. The van der Waals surface area contributed by atoms with Crippen molar-refractivity contribution in [1.82, 2.24) is 4.31 Å². The smallest absolute Gasteiger partial charge is 0.243 e. The van der Waals surface area contributed by atoms with E-state index in [0.717, 1.165) is 12.8 Å².